The molecule has 1 aromatic rings. The number of hydrogen-bond donors (Lipinski definition) is 0. The van der Waals surface area contributed by atoms with Gasteiger partial charge in [-0.3, -0.25) is 0 Å². The number of esters is 1. The summed E-state index contributed by atoms with van der Waals surface area (Å²) in [4.78, 5) is 11.6. The van der Waals surface area contributed by atoms with Crippen LogP contribution in [0.15, 0.2) is 24.3 Å². The molecule has 0 unspecified atom stereocenters. The average molecular weight is 254 g/mol. The van der Waals surface area contributed by atoms with E-state index in [1.165, 1.54) is 4.35 Å². The molecule has 0 atom stereocenters. The van der Waals surface area contributed by atoms with Gasteiger partial charge in [-0.2, -0.15) is 0 Å². The van der Waals surface area contributed by atoms with Crippen molar-refractivity contribution >= 4 is 25.0 Å². The van der Waals surface area contributed by atoms with E-state index in [1.54, 1.807) is 0 Å². The summed E-state index contributed by atoms with van der Waals surface area (Å²) in [5.41, 5.74) is 5.18. The maximum atomic E-state index is 11.6. The van der Waals surface area contributed by atoms with Crippen molar-refractivity contribution < 1.29 is 9.53 Å². The zero-order chi connectivity index (χ0) is 10.6. The molecule has 0 fully saturated rings. The van der Waals surface area contributed by atoms with Crippen LogP contribution in [-0.2, 0) is 4.74 Å². The molecule has 0 aromatic heterocycles. The third kappa shape index (κ3) is 2.62. The van der Waals surface area contributed by atoms with E-state index < -0.39 is 14.7 Å². The molecule has 0 N–H and O–H groups in total. The molecular formula is C11H15AsO2. The van der Waals surface area contributed by atoms with Crippen molar-refractivity contribution in [3.8, 4) is 0 Å². The molecule has 0 saturated heterocycles. The van der Waals surface area contributed by atoms with E-state index in [0.29, 0.717) is 6.61 Å². The summed E-state index contributed by atoms with van der Waals surface area (Å²) in [5.74, 6) is -0.189. The van der Waals surface area contributed by atoms with Crippen molar-refractivity contribution in [2.24, 2.45) is 0 Å². The molecule has 0 aliphatic rings. The molecule has 0 spiro atoms. The number of hydrogen-bond acceptors (Lipinski definition) is 2. The van der Waals surface area contributed by atoms with Crippen LogP contribution in [0.5, 0.6) is 0 Å². The van der Waals surface area contributed by atoms with E-state index in [-0.39, 0.29) is 5.97 Å². The van der Waals surface area contributed by atoms with Gasteiger partial charge in [0.15, 0.2) is 0 Å². The van der Waals surface area contributed by atoms with E-state index in [4.69, 9.17) is 4.74 Å². The monoisotopic (exact) mass is 254 g/mol. The minimum atomic E-state index is -1.01. The van der Waals surface area contributed by atoms with Gasteiger partial charge in [-0.25, -0.2) is 0 Å². The third-order valence-corrected chi connectivity index (χ3v) is 4.72. The Morgan fingerprint density at radius 1 is 1.36 bits per heavy atom. The number of carbonyl (C=O) groups excluding carboxylic acids is 1. The van der Waals surface area contributed by atoms with Crippen molar-refractivity contribution in [3.63, 3.8) is 0 Å². The third-order valence-electron chi connectivity index (χ3n) is 1.88. The Bertz CT molecular complexity index is 321. The van der Waals surface area contributed by atoms with Crippen LogP contribution >= 0.6 is 0 Å². The Morgan fingerprint density at radius 3 is 2.57 bits per heavy atom. The first-order chi connectivity index (χ1) is 6.66. The van der Waals surface area contributed by atoms with Gasteiger partial charge in [0.1, 0.15) is 0 Å². The Hall–Kier alpha value is -0.752. The normalized spacial score (nSPS) is 10.3. The molecule has 0 saturated carbocycles. The number of carbonyl (C=O) groups is 1. The van der Waals surface area contributed by atoms with Gasteiger partial charge in [-0.15, -0.1) is 0 Å². The van der Waals surface area contributed by atoms with Gasteiger partial charge in [-0.1, -0.05) is 0 Å². The molecule has 76 valence electrons. The molecule has 0 aliphatic carbocycles. The molecular weight excluding hydrogens is 239 g/mol. The minimum absolute atomic E-state index is 0.189. The van der Waals surface area contributed by atoms with Crippen molar-refractivity contribution in [1.29, 1.82) is 0 Å². The summed E-state index contributed by atoms with van der Waals surface area (Å²) in [6.07, 6.45) is 0. The molecule has 14 heavy (non-hydrogen) atoms. The fourth-order valence-electron chi connectivity index (χ4n) is 1.25. The zero-order valence-electron chi connectivity index (χ0n) is 8.78. The van der Waals surface area contributed by atoms with Gasteiger partial charge < -0.3 is 0 Å². The van der Waals surface area contributed by atoms with Gasteiger partial charge in [0, 0.05) is 0 Å². The Labute approximate surface area is 89.5 Å². The van der Waals surface area contributed by atoms with E-state index in [0.717, 1.165) is 5.56 Å². The molecule has 0 amide bonds. The second-order valence-corrected chi connectivity index (χ2v) is 7.90. The van der Waals surface area contributed by atoms with Crippen molar-refractivity contribution in [2.75, 3.05) is 6.61 Å². The average Bonchev–Trinajstić information content (AvgIpc) is 2.18. The van der Waals surface area contributed by atoms with Crippen molar-refractivity contribution in [1.82, 2.24) is 0 Å². The first-order valence-electron chi connectivity index (χ1n) is 4.60. The SMILES string of the molecule is CCOC(=O)c1ccccc1[As](C)C. The fraction of sp³-hybridized carbons (Fsp3) is 0.364. The van der Waals surface area contributed by atoms with E-state index in [2.05, 4.69) is 11.4 Å². The van der Waals surface area contributed by atoms with Crippen LogP contribution in [0.25, 0.3) is 0 Å². The van der Waals surface area contributed by atoms with E-state index in [1.807, 2.05) is 31.2 Å². The van der Waals surface area contributed by atoms with Crippen molar-refractivity contribution in [3.05, 3.63) is 29.8 Å². The second-order valence-electron chi connectivity index (χ2n) is 3.13. The van der Waals surface area contributed by atoms with E-state index >= 15 is 0 Å². The predicted molar refractivity (Wildman–Crippen MR) is 59.5 cm³/mol. The molecule has 0 radical (unpaired) electrons. The predicted octanol–water partition coefficient (Wildman–Crippen LogP) is 1.82. The van der Waals surface area contributed by atoms with Crippen molar-refractivity contribution in [2.45, 2.75) is 18.3 Å². The van der Waals surface area contributed by atoms with Crippen LogP contribution in [-0.4, -0.2) is 27.2 Å². The molecule has 0 aliphatic heterocycles. The molecule has 2 nitrogen and oxygen atoms in total. The number of ether oxygens (including phenoxy) is 1. The summed E-state index contributed by atoms with van der Waals surface area (Å²) in [6.45, 7) is 2.27. The standard InChI is InChI=1S/C11H15AsO2/c1-4-14-11(13)9-7-5-6-8-10(9)12(2)3/h5-8H,4H2,1-3H3. The summed E-state index contributed by atoms with van der Waals surface area (Å²) >= 11 is -1.01. The Kier molecular flexibility index (Phi) is 4.21. The van der Waals surface area contributed by atoms with Crippen LogP contribution in [0.4, 0.5) is 0 Å². The number of benzene rings is 1. The van der Waals surface area contributed by atoms with Crippen LogP contribution in [0.1, 0.15) is 17.3 Å². The molecule has 1 rings (SSSR count). The van der Waals surface area contributed by atoms with Gasteiger partial charge in [0.2, 0.25) is 0 Å². The quantitative estimate of drug-likeness (QED) is 0.607. The van der Waals surface area contributed by atoms with Crippen LogP contribution in [0, 0.1) is 0 Å². The van der Waals surface area contributed by atoms with Gasteiger partial charge >= 0.3 is 89.3 Å². The first kappa shape index (κ1) is 11.3. The number of rotatable bonds is 3. The summed E-state index contributed by atoms with van der Waals surface area (Å²) in [6, 6.07) is 7.74. The Morgan fingerprint density at radius 2 is 2.00 bits per heavy atom. The zero-order valence-corrected chi connectivity index (χ0v) is 10.7. The summed E-state index contributed by atoms with van der Waals surface area (Å²) < 4.78 is 6.20. The first-order valence-corrected chi connectivity index (χ1v) is 9.29. The van der Waals surface area contributed by atoms with Crippen LogP contribution in [0.3, 0.4) is 0 Å². The van der Waals surface area contributed by atoms with Crippen LogP contribution in [0.2, 0.25) is 11.4 Å². The topological polar surface area (TPSA) is 26.3 Å². The summed E-state index contributed by atoms with van der Waals surface area (Å²) in [7, 11) is 0. The second kappa shape index (κ2) is 5.21. The van der Waals surface area contributed by atoms with Crippen LogP contribution < -0.4 is 4.35 Å². The molecule has 0 heterocycles. The van der Waals surface area contributed by atoms with Gasteiger partial charge in [-0.05, 0) is 0 Å². The Balaban J connectivity index is 3.00. The fourth-order valence-corrected chi connectivity index (χ4v) is 3.41. The van der Waals surface area contributed by atoms with Gasteiger partial charge in [0.05, 0.1) is 0 Å². The maximum absolute atomic E-state index is 11.6. The van der Waals surface area contributed by atoms with Gasteiger partial charge in [0.25, 0.3) is 0 Å². The van der Waals surface area contributed by atoms with E-state index in [9.17, 15) is 4.79 Å². The summed E-state index contributed by atoms with van der Waals surface area (Å²) in [5, 5.41) is 0. The molecule has 3 heteroatoms. The molecule has 1 aromatic carbocycles. The molecule has 0 bridgehead atoms.